The van der Waals surface area contributed by atoms with Crippen LogP contribution in [0.5, 0.6) is 0 Å². The maximum Gasteiger partial charge on any atom is 0.253 e. The van der Waals surface area contributed by atoms with Crippen LogP contribution < -0.4 is 5.32 Å². The highest BCUT2D eigenvalue weighted by Crippen LogP contribution is 2.12. The standard InChI is InChI=1S/C13H17IN2O.ClH/c1-9-7-16(8-10(2)15-9)13(17)11-3-5-12(14)6-4-11;/h3-6,9-10,15H,7-8H2,1-2H3;1H. The third-order valence-corrected chi connectivity index (χ3v) is 3.66. The number of carbonyl (C=O) groups excluding carboxylic acids is 1. The van der Waals surface area contributed by atoms with Crippen LogP contribution in [0.25, 0.3) is 0 Å². The van der Waals surface area contributed by atoms with Gasteiger partial charge in [-0.1, -0.05) is 0 Å². The molecule has 0 bridgehead atoms. The molecular formula is C13H18ClIN2O. The Bertz CT molecular complexity index is 400. The van der Waals surface area contributed by atoms with Crippen molar-refractivity contribution in [2.45, 2.75) is 25.9 Å². The fourth-order valence-electron chi connectivity index (χ4n) is 2.27. The van der Waals surface area contributed by atoms with E-state index in [9.17, 15) is 4.79 Å². The molecule has 1 N–H and O–H groups in total. The number of rotatable bonds is 1. The quantitative estimate of drug-likeness (QED) is 0.760. The second-order valence-corrected chi connectivity index (χ2v) is 5.93. The second kappa shape index (κ2) is 6.73. The molecular weight excluding hydrogens is 363 g/mol. The van der Waals surface area contributed by atoms with Crippen LogP contribution in [0.1, 0.15) is 24.2 Å². The Kier molecular flexibility index (Phi) is 5.88. The third kappa shape index (κ3) is 3.83. The van der Waals surface area contributed by atoms with E-state index in [4.69, 9.17) is 0 Å². The first kappa shape index (κ1) is 15.7. The molecule has 1 aliphatic rings. The summed E-state index contributed by atoms with van der Waals surface area (Å²) in [5.41, 5.74) is 0.784. The molecule has 1 heterocycles. The Labute approximate surface area is 128 Å². The van der Waals surface area contributed by atoms with Crippen molar-refractivity contribution >= 4 is 40.9 Å². The van der Waals surface area contributed by atoms with E-state index in [1.54, 1.807) is 0 Å². The molecule has 1 saturated heterocycles. The average molecular weight is 381 g/mol. The molecule has 100 valence electrons. The summed E-state index contributed by atoms with van der Waals surface area (Å²) in [5.74, 6) is 0.140. The minimum atomic E-state index is 0. The van der Waals surface area contributed by atoms with Gasteiger partial charge in [-0.2, -0.15) is 0 Å². The zero-order chi connectivity index (χ0) is 12.4. The van der Waals surface area contributed by atoms with Crippen molar-refractivity contribution in [1.29, 1.82) is 0 Å². The Balaban J connectivity index is 0.00000162. The molecule has 1 aromatic rings. The predicted molar refractivity (Wildman–Crippen MR) is 84.4 cm³/mol. The normalized spacial score (nSPS) is 23.4. The molecule has 0 aliphatic carbocycles. The Morgan fingerprint density at radius 2 is 1.72 bits per heavy atom. The van der Waals surface area contributed by atoms with Gasteiger partial charge in [0, 0.05) is 34.3 Å². The van der Waals surface area contributed by atoms with Gasteiger partial charge in [-0.15, -0.1) is 12.4 Å². The molecule has 3 nitrogen and oxygen atoms in total. The summed E-state index contributed by atoms with van der Waals surface area (Å²) in [4.78, 5) is 14.2. The third-order valence-electron chi connectivity index (χ3n) is 2.94. The summed E-state index contributed by atoms with van der Waals surface area (Å²) in [5, 5.41) is 3.43. The van der Waals surface area contributed by atoms with E-state index in [1.807, 2.05) is 29.2 Å². The monoisotopic (exact) mass is 380 g/mol. The summed E-state index contributed by atoms with van der Waals surface area (Å²) < 4.78 is 1.15. The number of hydrogen-bond acceptors (Lipinski definition) is 2. The average Bonchev–Trinajstić information content (AvgIpc) is 2.28. The van der Waals surface area contributed by atoms with Gasteiger partial charge in [-0.25, -0.2) is 0 Å². The van der Waals surface area contributed by atoms with Gasteiger partial charge < -0.3 is 10.2 Å². The molecule has 1 aliphatic heterocycles. The van der Waals surface area contributed by atoms with E-state index in [0.717, 1.165) is 22.2 Å². The van der Waals surface area contributed by atoms with E-state index in [0.29, 0.717) is 12.1 Å². The van der Waals surface area contributed by atoms with Crippen LogP contribution in [-0.2, 0) is 0 Å². The highest BCUT2D eigenvalue weighted by Gasteiger charge is 2.25. The van der Waals surface area contributed by atoms with Crippen LogP contribution in [0.15, 0.2) is 24.3 Å². The van der Waals surface area contributed by atoms with E-state index in [2.05, 4.69) is 41.8 Å². The molecule has 1 amide bonds. The molecule has 2 rings (SSSR count). The van der Waals surface area contributed by atoms with Gasteiger partial charge in [-0.3, -0.25) is 4.79 Å². The van der Waals surface area contributed by atoms with Crippen LogP contribution in [0, 0.1) is 3.57 Å². The molecule has 0 radical (unpaired) electrons. The topological polar surface area (TPSA) is 32.3 Å². The summed E-state index contributed by atoms with van der Waals surface area (Å²) in [6, 6.07) is 8.49. The van der Waals surface area contributed by atoms with Crippen LogP contribution in [0.4, 0.5) is 0 Å². The van der Waals surface area contributed by atoms with Gasteiger partial charge >= 0.3 is 0 Å². The minimum Gasteiger partial charge on any atom is -0.336 e. The highest BCUT2D eigenvalue weighted by molar-refractivity contribution is 14.1. The van der Waals surface area contributed by atoms with Crippen molar-refractivity contribution in [2.24, 2.45) is 0 Å². The number of benzene rings is 1. The Hall–Kier alpha value is -0.330. The minimum absolute atomic E-state index is 0. The number of nitrogens with one attached hydrogen (secondary N) is 1. The zero-order valence-electron chi connectivity index (χ0n) is 10.5. The molecule has 0 aromatic heterocycles. The summed E-state index contributed by atoms with van der Waals surface area (Å²) >= 11 is 2.25. The van der Waals surface area contributed by atoms with Crippen molar-refractivity contribution in [3.8, 4) is 0 Å². The van der Waals surface area contributed by atoms with Crippen LogP contribution in [-0.4, -0.2) is 36.0 Å². The van der Waals surface area contributed by atoms with Gasteiger partial charge in [0.1, 0.15) is 0 Å². The Morgan fingerprint density at radius 3 is 2.22 bits per heavy atom. The number of carbonyl (C=O) groups is 1. The first-order chi connectivity index (χ1) is 8.06. The first-order valence-electron chi connectivity index (χ1n) is 5.87. The zero-order valence-corrected chi connectivity index (χ0v) is 13.5. The predicted octanol–water partition coefficient (Wildman–Crippen LogP) is 2.54. The fraction of sp³-hybridized carbons (Fsp3) is 0.462. The molecule has 2 atom stereocenters. The van der Waals surface area contributed by atoms with Crippen molar-refractivity contribution in [2.75, 3.05) is 13.1 Å². The summed E-state index contributed by atoms with van der Waals surface area (Å²) in [7, 11) is 0. The van der Waals surface area contributed by atoms with E-state index in [-0.39, 0.29) is 18.3 Å². The molecule has 1 fully saturated rings. The molecule has 1 aromatic carbocycles. The highest BCUT2D eigenvalue weighted by atomic mass is 127. The molecule has 0 saturated carbocycles. The lowest BCUT2D eigenvalue weighted by Crippen LogP contribution is -2.55. The van der Waals surface area contributed by atoms with Gasteiger partial charge in [0.25, 0.3) is 5.91 Å². The van der Waals surface area contributed by atoms with Crippen LogP contribution >= 0.6 is 35.0 Å². The largest absolute Gasteiger partial charge is 0.336 e. The summed E-state index contributed by atoms with van der Waals surface area (Å²) in [6.45, 7) is 5.80. The first-order valence-corrected chi connectivity index (χ1v) is 6.95. The smallest absolute Gasteiger partial charge is 0.253 e. The maximum atomic E-state index is 12.3. The molecule has 5 heteroatoms. The summed E-state index contributed by atoms with van der Waals surface area (Å²) in [6.07, 6.45) is 0. The number of nitrogens with zero attached hydrogens (tertiary/aromatic N) is 1. The van der Waals surface area contributed by atoms with Crippen LogP contribution in [0.3, 0.4) is 0 Å². The molecule has 2 unspecified atom stereocenters. The lowest BCUT2D eigenvalue weighted by atomic mass is 10.1. The lowest BCUT2D eigenvalue weighted by molar-refractivity contribution is 0.0674. The number of piperazine rings is 1. The van der Waals surface area contributed by atoms with Gasteiger partial charge in [0.05, 0.1) is 0 Å². The fourth-order valence-corrected chi connectivity index (χ4v) is 2.63. The molecule has 0 spiro atoms. The second-order valence-electron chi connectivity index (χ2n) is 4.69. The Morgan fingerprint density at radius 1 is 1.22 bits per heavy atom. The SMILES string of the molecule is CC1CN(C(=O)c2ccc(I)cc2)CC(C)N1.Cl. The number of amides is 1. The van der Waals surface area contributed by atoms with Gasteiger partial charge in [-0.05, 0) is 60.7 Å². The number of halogens is 2. The molecule has 18 heavy (non-hydrogen) atoms. The van der Waals surface area contributed by atoms with Crippen molar-refractivity contribution in [3.63, 3.8) is 0 Å². The number of hydrogen-bond donors (Lipinski definition) is 1. The van der Waals surface area contributed by atoms with Crippen molar-refractivity contribution in [1.82, 2.24) is 10.2 Å². The maximum absolute atomic E-state index is 12.3. The van der Waals surface area contributed by atoms with Crippen LogP contribution in [0.2, 0.25) is 0 Å². The lowest BCUT2D eigenvalue weighted by Gasteiger charge is -2.36. The van der Waals surface area contributed by atoms with E-state index < -0.39 is 0 Å². The van der Waals surface area contributed by atoms with Gasteiger partial charge in [0.2, 0.25) is 0 Å². The van der Waals surface area contributed by atoms with E-state index >= 15 is 0 Å². The van der Waals surface area contributed by atoms with Crippen molar-refractivity contribution in [3.05, 3.63) is 33.4 Å². The van der Waals surface area contributed by atoms with E-state index in [1.165, 1.54) is 0 Å². The van der Waals surface area contributed by atoms with Crippen molar-refractivity contribution < 1.29 is 4.79 Å². The van der Waals surface area contributed by atoms with Gasteiger partial charge in [0.15, 0.2) is 0 Å².